The maximum Gasteiger partial charge on any atom is 0.120 e. The monoisotopic (exact) mass is 274 g/mol. The Morgan fingerprint density at radius 2 is 2.20 bits per heavy atom. The lowest BCUT2D eigenvalue weighted by molar-refractivity contribution is 0.104. The second-order valence-corrected chi connectivity index (χ2v) is 6.51. The van der Waals surface area contributed by atoms with Crippen molar-refractivity contribution in [1.82, 2.24) is 4.90 Å². The van der Waals surface area contributed by atoms with Crippen LogP contribution in [-0.4, -0.2) is 37.7 Å². The first-order chi connectivity index (χ1) is 9.72. The van der Waals surface area contributed by atoms with Crippen molar-refractivity contribution in [1.29, 1.82) is 0 Å². The van der Waals surface area contributed by atoms with Crippen LogP contribution in [-0.2, 0) is 5.41 Å². The molecule has 0 aromatic heterocycles. The summed E-state index contributed by atoms with van der Waals surface area (Å²) >= 11 is 0. The fraction of sp³-hybridized carbons (Fsp3) is 0.647. The topological polar surface area (TPSA) is 38.5 Å². The third-order valence-corrected chi connectivity index (χ3v) is 5.03. The van der Waals surface area contributed by atoms with Crippen molar-refractivity contribution >= 4 is 0 Å². The van der Waals surface area contributed by atoms with Gasteiger partial charge in [0.15, 0.2) is 0 Å². The smallest absolute Gasteiger partial charge is 0.120 e. The Bertz CT molecular complexity index is 451. The Labute approximate surface area is 122 Å². The molecule has 1 atom stereocenters. The Morgan fingerprint density at radius 1 is 1.35 bits per heavy atom. The number of piperidine rings is 1. The molecule has 3 nitrogen and oxygen atoms in total. The van der Waals surface area contributed by atoms with E-state index in [-0.39, 0.29) is 5.41 Å². The van der Waals surface area contributed by atoms with Crippen molar-refractivity contribution < 1.29 is 4.74 Å². The molecule has 1 saturated heterocycles. The van der Waals surface area contributed by atoms with Crippen LogP contribution in [0.15, 0.2) is 24.3 Å². The fourth-order valence-electron chi connectivity index (χ4n) is 3.52. The van der Waals surface area contributed by atoms with E-state index in [2.05, 4.69) is 36.2 Å². The summed E-state index contributed by atoms with van der Waals surface area (Å²) in [5, 5.41) is 0. The second kappa shape index (κ2) is 5.74. The van der Waals surface area contributed by atoms with Gasteiger partial charge in [0.25, 0.3) is 0 Å². The quantitative estimate of drug-likeness (QED) is 0.917. The number of benzene rings is 1. The zero-order valence-electron chi connectivity index (χ0n) is 12.5. The lowest BCUT2D eigenvalue weighted by Crippen LogP contribution is -2.41. The number of ether oxygens (including phenoxy) is 1. The normalized spacial score (nSPS) is 26.0. The van der Waals surface area contributed by atoms with Crippen LogP contribution in [0.3, 0.4) is 0 Å². The summed E-state index contributed by atoms with van der Waals surface area (Å²) in [7, 11) is 2.17. The van der Waals surface area contributed by atoms with Gasteiger partial charge in [-0.1, -0.05) is 18.6 Å². The summed E-state index contributed by atoms with van der Waals surface area (Å²) in [6, 6.07) is 8.64. The summed E-state index contributed by atoms with van der Waals surface area (Å²) in [6.45, 7) is 2.98. The molecule has 2 aliphatic rings. The molecule has 0 radical (unpaired) electrons. The van der Waals surface area contributed by atoms with Crippen molar-refractivity contribution in [2.75, 3.05) is 26.7 Å². The molecule has 3 rings (SSSR count). The number of hydrogen-bond donors (Lipinski definition) is 1. The van der Waals surface area contributed by atoms with Gasteiger partial charge in [0.05, 0.1) is 0 Å². The maximum absolute atomic E-state index is 6.19. The number of likely N-dealkylation sites (tertiary alicyclic amines) is 1. The van der Waals surface area contributed by atoms with Crippen LogP contribution >= 0.6 is 0 Å². The number of hydrogen-bond acceptors (Lipinski definition) is 3. The summed E-state index contributed by atoms with van der Waals surface area (Å²) in [6.07, 6.45) is 6.47. The average Bonchev–Trinajstić information content (AvgIpc) is 2.39. The highest BCUT2D eigenvalue weighted by molar-refractivity contribution is 5.36. The highest BCUT2D eigenvalue weighted by Gasteiger charge is 2.37. The molecule has 2 N–H and O–H groups in total. The van der Waals surface area contributed by atoms with E-state index >= 15 is 0 Å². The van der Waals surface area contributed by atoms with E-state index < -0.39 is 0 Å². The lowest BCUT2D eigenvalue weighted by atomic mass is 9.64. The van der Waals surface area contributed by atoms with Crippen LogP contribution in [0.2, 0.25) is 0 Å². The fourth-order valence-corrected chi connectivity index (χ4v) is 3.52. The first-order valence-electron chi connectivity index (χ1n) is 7.88. The van der Waals surface area contributed by atoms with Gasteiger partial charge in [-0.3, -0.25) is 0 Å². The van der Waals surface area contributed by atoms with Gasteiger partial charge >= 0.3 is 0 Å². The van der Waals surface area contributed by atoms with Gasteiger partial charge in [0, 0.05) is 18.5 Å². The molecule has 1 aliphatic heterocycles. The van der Waals surface area contributed by atoms with Crippen molar-refractivity contribution in [2.24, 2.45) is 5.73 Å². The number of likely N-dealkylation sites (N-methyl/N-ethyl adjacent to an activating group) is 1. The first-order valence-corrected chi connectivity index (χ1v) is 7.88. The van der Waals surface area contributed by atoms with Gasteiger partial charge in [-0.15, -0.1) is 0 Å². The molecule has 1 saturated carbocycles. The molecule has 1 aromatic rings. The second-order valence-electron chi connectivity index (χ2n) is 6.51. The van der Waals surface area contributed by atoms with Crippen LogP contribution in [0.25, 0.3) is 0 Å². The van der Waals surface area contributed by atoms with Crippen molar-refractivity contribution in [3.05, 3.63) is 29.8 Å². The van der Waals surface area contributed by atoms with E-state index in [0.29, 0.717) is 6.10 Å². The number of rotatable bonds is 4. The van der Waals surface area contributed by atoms with Gasteiger partial charge in [0.2, 0.25) is 0 Å². The summed E-state index contributed by atoms with van der Waals surface area (Å²) in [4.78, 5) is 2.35. The minimum Gasteiger partial charge on any atom is -0.489 e. The lowest BCUT2D eigenvalue weighted by Gasteiger charge is -2.41. The van der Waals surface area contributed by atoms with Gasteiger partial charge in [-0.25, -0.2) is 0 Å². The zero-order valence-corrected chi connectivity index (χ0v) is 12.5. The molecule has 3 heteroatoms. The molecule has 1 heterocycles. The summed E-state index contributed by atoms with van der Waals surface area (Å²) < 4.78 is 6.19. The average molecular weight is 274 g/mol. The third-order valence-electron chi connectivity index (χ3n) is 5.03. The Morgan fingerprint density at radius 3 is 2.85 bits per heavy atom. The van der Waals surface area contributed by atoms with Crippen LogP contribution < -0.4 is 10.5 Å². The van der Waals surface area contributed by atoms with Crippen molar-refractivity contribution in [3.63, 3.8) is 0 Å². The minimum atomic E-state index is 0.225. The molecular weight excluding hydrogens is 248 g/mol. The van der Waals surface area contributed by atoms with E-state index in [0.717, 1.165) is 25.3 Å². The highest BCUT2D eigenvalue weighted by Crippen LogP contribution is 2.43. The van der Waals surface area contributed by atoms with Crippen molar-refractivity contribution in [2.45, 2.75) is 43.6 Å². The van der Waals surface area contributed by atoms with Gasteiger partial charge in [-0.2, -0.15) is 0 Å². The Balaban J connectivity index is 1.71. The van der Waals surface area contributed by atoms with E-state index in [4.69, 9.17) is 10.5 Å². The SMILES string of the molecule is CN1CCCC(Oc2cccc(C3(CN)CCC3)c2)C1. The predicted molar refractivity (Wildman–Crippen MR) is 82.2 cm³/mol. The molecule has 20 heavy (non-hydrogen) atoms. The summed E-state index contributed by atoms with van der Waals surface area (Å²) in [5.74, 6) is 1.02. The van der Waals surface area contributed by atoms with E-state index in [1.54, 1.807) is 0 Å². The molecule has 0 amide bonds. The molecule has 1 aliphatic carbocycles. The number of nitrogens with two attached hydrogens (primary N) is 1. The predicted octanol–water partition coefficient (Wildman–Crippen LogP) is 2.54. The van der Waals surface area contributed by atoms with Gasteiger partial charge < -0.3 is 15.4 Å². The molecule has 110 valence electrons. The van der Waals surface area contributed by atoms with E-state index in [9.17, 15) is 0 Å². The highest BCUT2D eigenvalue weighted by atomic mass is 16.5. The number of nitrogens with zero attached hydrogens (tertiary/aromatic N) is 1. The Hall–Kier alpha value is -1.06. The van der Waals surface area contributed by atoms with Crippen LogP contribution in [0.5, 0.6) is 5.75 Å². The standard InChI is InChI=1S/C17H26N2O/c1-19-10-3-7-16(12-19)20-15-6-2-5-14(11-15)17(13-18)8-4-9-17/h2,5-6,11,16H,3-4,7-10,12-13,18H2,1H3. The maximum atomic E-state index is 6.19. The van der Waals surface area contributed by atoms with Gasteiger partial charge in [0.1, 0.15) is 11.9 Å². The zero-order chi connectivity index (χ0) is 14.0. The molecule has 2 fully saturated rings. The molecular formula is C17H26N2O. The molecule has 1 aromatic carbocycles. The first kappa shape index (κ1) is 13.9. The van der Waals surface area contributed by atoms with E-state index in [1.165, 1.54) is 37.8 Å². The van der Waals surface area contributed by atoms with Gasteiger partial charge in [-0.05, 0) is 57.0 Å². The Kier molecular flexibility index (Phi) is 3.99. The van der Waals surface area contributed by atoms with Crippen LogP contribution in [0.4, 0.5) is 0 Å². The molecule has 0 spiro atoms. The summed E-state index contributed by atoms with van der Waals surface area (Å²) in [5.41, 5.74) is 7.60. The van der Waals surface area contributed by atoms with Crippen LogP contribution in [0.1, 0.15) is 37.7 Å². The van der Waals surface area contributed by atoms with E-state index in [1.807, 2.05) is 0 Å². The van der Waals surface area contributed by atoms with Crippen molar-refractivity contribution in [3.8, 4) is 5.75 Å². The molecule has 1 unspecified atom stereocenters. The third kappa shape index (κ3) is 2.70. The minimum absolute atomic E-state index is 0.225. The van der Waals surface area contributed by atoms with Crippen LogP contribution in [0, 0.1) is 0 Å². The molecule has 0 bridgehead atoms. The largest absolute Gasteiger partial charge is 0.489 e.